The van der Waals surface area contributed by atoms with Crippen molar-refractivity contribution in [2.24, 2.45) is 0 Å². The van der Waals surface area contributed by atoms with E-state index < -0.39 is 8.07 Å². The van der Waals surface area contributed by atoms with Crippen LogP contribution in [0.25, 0.3) is 0 Å². The highest BCUT2D eigenvalue weighted by molar-refractivity contribution is 7.04. The van der Waals surface area contributed by atoms with Crippen LogP contribution in [0.3, 0.4) is 0 Å². The predicted octanol–water partition coefficient (Wildman–Crippen LogP) is 5.03. The van der Waals surface area contributed by atoms with E-state index in [9.17, 15) is 0 Å². The van der Waals surface area contributed by atoms with Crippen LogP contribution in [0.4, 0.5) is 0 Å². The van der Waals surface area contributed by atoms with Crippen molar-refractivity contribution in [2.75, 3.05) is 0 Å². The molecule has 0 aromatic heterocycles. The summed E-state index contributed by atoms with van der Waals surface area (Å²) >= 11 is 0. The normalized spacial score (nSPS) is 23.0. The zero-order valence-corrected chi connectivity index (χ0v) is 17.8. The van der Waals surface area contributed by atoms with Gasteiger partial charge in [-0.25, -0.2) is 0 Å². The molecule has 0 amide bonds. The third-order valence-electron chi connectivity index (χ3n) is 6.50. The highest BCUT2D eigenvalue weighted by Gasteiger charge is 2.55. The molecule has 0 N–H and O–H groups in total. The van der Waals surface area contributed by atoms with Crippen molar-refractivity contribution in [3.05, 3.63) is 41.0 Å². The van der Waals surface area contributed by atoms with Gasteiger partial charge in [0.25, 0.3) is 0 Å². The number of allylic oxidation sites excluding steroid dienone is 1. The maximum absolute atomic E-state index is 6.54. The fraction of sp³-hybridized carbons (Fsp3) is 0.619. The van der Waals surface area contributed by atoms with Gasteiger partial charge in [-0.1, -0.05) is 60.6 Å². The molecule has 25 heavy (non-hydrogen) atoms. The van der Waals surface area contributed by atoms with Crippen molar-refractivity contribution < 1.29 is 9.31 Å². The first kappa shape index (κ1) is 18.9. The van der Waals surface area contributed by atoms with E-state index in [-0.39, 0.29) is 18.3 Å². The molecule has 1 aliphatic carbocycles. The average Bonchev–Trinajstić information content (AvgIpc) is 2.76. The van der Waals surface area contributed by atoms with Crippen molar-refractivity contribution in [2.45, 2.75) is 84.1 Å². The summed E-state index contributed by atoms with van der Waals surface area (Å²) in [4.78, 5) is 0. The number of hydrogen-bond donors (Lipinski definition) is 0. The van der Waals surface area contributed by atoms with E-state index in [1.807, 2.05) is 0 Å². The fourth-order valence-corrected chi connectivity index (χ4v) is 7.30. The van der Waals surface area contributed by atoms with Crippen molar-refractivity contribution in [1.82, 2.24) is 0 Å². The van der Waals surface area contributed by atoms with Crippen LogP contribution in [0.5, 0.6) is 0 Å². The van der Waals surface area contributed by atoms with Gasteiger partial charge in [0.15, 0.2) is 0 Å². The summed E-state index contributed by atoms with van der Waals surface area (Å²) in [5, 5.41) is 2.97. The molecule has 1 aromatic rings. The zero-order chi connectivity index (χ0) is 18.3. The molecule has 1 aliphatic heterocycles. The van der Waals surface area contributed by atoms with Gasteiger partial charge in [-0.2, -0.15) is 0 Å². The molecule has 0 radical (unpaired) electrons. The Morgan fingerprint density at radius 2 is 1.40 bits per heavy atom. The Morgan fingerprint density at radius 1 is 0.880 bits per heavy atom. The van der Waals surface area contributed by atoms with Gasteiger partial charge in [0, 0.05) is 0 Å². The Balaban J connectivity index is 2.06. The van der Waals surface area contributed by atoms with E-state index in [2.05, 4.69) is 71.1 Å². The van der Waals surface area contributed by atoms with Crippen LogP contribution in [0.2, 0.25) is 13.1 Å². The van der Waals surface area contributed by atoms with E-state index in [0.29, 0.717) is 0 Å². The first-order valence-electron chi connectivity index (χ1n) is 9.79. The molecule has 1 saturated heterocycles. The Bertz CT molecular complexity index is 625. The molecule has 2 fully saturated rings. The molecule has 0 unspecified atom stereocenters. The second-order valence-corrected chi connectivity index (χ2v) is 13.5. The third kappa shape index (κ3) is 3.54. The van der Waals surface area contributed by atoms with E-state index in [1.165, 1.54) is 42.4 Å². The topological polar surface area (TPSA) is 18.5 Å². The lowest BCUT2D eigenvalue weighted by Crippen LogP contribution is -2.50. The molecular formula is C21H33BO2Si. The Hall–Kier alpha value is -0.838. The van der Waals surface area contributed by atoms with Crippen molar-refractivity contribution in [1.29, 1.82) is 0 Å². The van der Waals surface area contributed by atoms with Gasteiger partial charge in [-0.3, -0.25) is 0 Å². The van der Waals surface area contributed by atoms with Crippen LogP contribution in [-0.2, 0) is 9.31 Å². The molecule has 0 atom stereocenters. The molecule has 136 valence electrons. The quantitative estimate of drug-likeness (QED) is 0.707. The molecular weight excluding hydrogens is 323 g/mol. The first-order chi connectivity index (χ1) is 11.7. The van der Waals surface area contributed by atoms with Crippen LogP contribution >= 0.6 is 0 Å². The Labute approximate surface area is 155 Å². The van der Waals surface area contributed by atoms with Gasteiger partial charge in [0.05, 0.1) is 11.2 Å². The first-order valence-corrected chi connectivity index (χ1v) is 12.8. The summed E-state index contributed by atoms with van der Waals surface area (Å²) in [5.74, 6) is 0. The van der Waals surface area contributed by atoms with Crippen molar-refractivity contribution in [3.8, 4) is 0 Å². The Kier molecular flexibility index (Phi) is 5.09. The minimum Gasteiger partial charge on any atom is -0.400 e. The molecule has 1 aromatic carbocycles. The largest absolute Gasteiger partial charge is 0.486 e. The Morgan fingerprint density at radius 3 is 1.92 bits per heavy atom. The minimum absolute atomic E-state index is 0.194. The zero-order valence-electron chi connectivity index (χ0n) is 16.8. The second-order valence-electron chi connectivity index (χ2n) is 9.16. The van der Waals surface area contributed by atoms with E-state index in [0.717, 1.165) is 0 Å². The summed E-state index contributed by atoms with van der Waals surface area (Å²) in [6, 6.07) is 11.0. The van der Waals surface area contributed by atoms with E-state index in [1.54, 1.807) is 5.57 Å². The summed E-state index contributed by atoms with van der Waals surface area (Å²) in [6.07, 6.45) is 6.38. The van der Waals surface area contributed by atoms with Gasteiger partial charge < -0.3 is 9.31 Å². The number of benzene rings is 1. The lowest BCUT2D eigenvalue weighted by Gasteiger charge is -2.32. The maximum atomic E-state index is 6.54. The number of rotatable bonds is 3. The molecule has 1 heterocycles. The maximum Gasteiger partial charge on any atom is 0.486 e. The van der Waals surface area contributed by atoms with Crippen molar-refractivity contribution in [3.63, 3.8) is 0 Å². The minimum atomic E-state index is -1.86. The monoisotopic (exact) mass is 356 g/mol. The standard InChI is InChI=1S/C21H33BO2Si/c1-20(2)21(3,4)24-22(23-20)19(17-13-9-7-10-14-17)25(5,6)18-15-11-8-12-16-18/h8,11-12,15-16H,7,9-10,13-14H2,1-6H3. The highest BCUT2D eigenvalue weighted by atomic mass is 28.3. The SMILES string of the molecule is CC1(C)OB(C(=C2CCCCC2)[Si](C)(C)c2ccccc2)OC1(C)C. The summed E-state index contributed by atoms with van der Waals surface area (Å²) in [7, 11) is -2.05. The molecule has 2 nitrogen and oxygen atoms in total. The van der Waals surface area contributed by atoms with Gasteiger partial charge in [-0.15, -0.1) is 0 Å². The van der Waals surface area contributed by atoms with Gasteiger partial charge in [-0.05, 0) is 58.5 Å². The third-order valence-corrected chi connectivity index (χ3v) is 10.2. The summed E-state index contributed by atoms with van der Waals surface area (Å²) < 4.78 is 13.1. The molecule has 2 aliphatic rings. The van der Waals surface area contributed by atoms with Crippen LogP contribution in [0.15, 0.2) is 41.0 Å². The lowest BCUT2D eigenvalue weighted by molar-refractivity contribution is 0.00578. The molecule has 0 spiro atoms. The van der Waals surface area contributed by atoms with E-state index >= 15 is 0 Å². The fourth-order valence-electron chi connectivity index (χ4n) is 4.12. The summed E-state index contributed by atoms with van der Waals surface area (Å²) in [5.41, 5.74) is 1.06. The molecule has 3 rings (SSSR count). The van der Waals surface area contributed by atoms with Crippen LogP contribution < -0.4 is 5.19 Å². The number of hydrogen-bond acceptors (Lipinski definition) is 2. The average molecular weight is 356 g/mol. The van der Waals surface area contributed by atoms with Crippen LogP contribution in [-0.4, -0.2) is 26.4 Å². The van der Waals surface area contributed by atoms with Gasteiger partial charge >= 0.3 is 7.12 Å². The van der Waals surface area contributed by atoms with Gasteiger partial charge in [0.2, 0.25) is 0 Å². The molecule has 0 bridgehead atoms. The smallest absolute Gasteiger partial charge is 0.400 e. The van der Waals surface area contributed by atoms with Crippen LogP contribution in [0.1, 0.15) is 59.8 Å². The summed E-state index contributed by atoms with van der Waals surface area (Å²) in [6.45, 7) is 13.6. The van der Waals surface area contributed by atoms with E-state index in [4.69, 9.17) is 9.31 Å². The van der Waals surface area contributed by atoms with Crippen LogP contribution in [0, 0.1) is 0 Å². The van der Waals surface area contributed by atoms with Gasteiger partial charge in [0.1, 0.15) is 8.07 Å². The lowest BCUT2D eigenvalue weighted by atomic mass is 9.81. The highest BCUT2D eigenvalue weighted by Crippen LogP contribution is 2.42. The molecule has 1 saturated carbocycles. The predicted molar refractivity (Wildman–Crippen MR) is 110 cm³/mol. The molecule has 4 heteroatoms. The van der Waals surface area contributed by atoms with Crippen molar-refractivity contribution >= 4 is 20.4 Å². The second kappa shape index (κ2) is 6.71.